The van der Waals surface area contributed by atoms with Crippen molar-refractivity contribution in [3.05, 3.63) is 53.1 Å². The van der Waals surface area contributed by atoms with Crippen LogP contribution in [0.5, 0.6) is 0 Å². The molecule has 1 N–H and O–H groups in total. The fourth-order valence-electron chi connectivity index (χ4n) is 3.60. The van der Waals surface area contributed by atoms with Crippen LogP contribution < -0.4 is 5.32 Å². The Labute approximate surface area is 136 Å². The molecule has 0 saturated heterocycles. The number of imidazole rings is 1. The van der Waals surface area contributed by atoms with Crippen LogP contribution in [0.4, 0.5) is 0 Å². The van der Waals surface area contributed by atoms with Crippen LogP contribution in [-0.2, 0) is 19.9 Å². The van der Waals surface area contributed by atoms with Crippen LogP contribution in [0, 0.1) is 5.92 Å². The molecule has 4 rings (SSSR count). The maximum Gasteiger partial charge on any atom is 0.251 e. The summed E-state index contributed by atoms with van der Waals surface area (Å²) in [5.74, 6) is 1.51. The summed E-state index contributed by atoms with van der Waals surface area (Å²) in [5.41, 5.74) is 3.55. The van der Waals surface area contributed by atoms with Crippen LogP contribution in [0.1, 0.15) is 59.0 Å². The normalized spacial score (nSPS) is 18.3. The van der Waals surface area contributed by atoms with Crippen molar-refractivity contribution in [1.82, 2.24) is 14.9 Å². The zero-order valence-electron chi connectivity index (χ0n) is 13.6. The Hall–Kier alpha value is -2.10. The highest BCUT2D eigenvalue weighted by Crippen LogP contribution is 2.40. The molecule has 120 valence electrons. The number of fused-ring (bicyclic) bond motifs is 1. The Morgan fingerprint density at radius 3 is 2.74 bits per heavy atom. The maximum atomic E-state index is 12.7. The Morgan fingerprint density at radius 1 is 1.26 bits per heavy atom. The van der Waals surface area contributed by atoms with Crippen LogP contribution in [-0.4, -0.2) is 15.5 Å². The molecule has 2 aliphatic rings. The van der Waals surface area contributed by atoms with Gasteiger partial charge in [-0.2, -0.15) is 0 Å². The fourth-order valence-corrected chi connectivity index (χ4v) is 3.60. The van der Waals surface area contributed by atoms with E-state index in [1.807, 2.05) is 23.9 Å². The first-order valence-electron chi connectivity index (χ1n) is 8.62. The number of hydrogen-bond donors (Lipinski definition) is 1. The molecule has 0 spiro atoms. The minimum Gasteiger partial charge on any atom is -0.342 e. The number of nitrogens with one attached hydrogen (secondary N) is 1. The van der Waals surface area contributed by atoms with Crippen molar-refractivity contribution in [2.24, 2.45) is 13.0 Å². The van der Waals surface area contributed by atoms with Gasteiger partial charge in [-0.1, -0.05) is 6.07 Å². The highest BCUT2D eigenvalue weighted by atomic mass is 16.1. The lowest BCUT2D eigenvalue weighted by Crippen LogP contribution is -2.31. The molecule has 0 unspecified atom stereocenters. The molecule has 1 saturated carbocycles. The van der Waals surface area contributed by atoms with Crippen LogP contribution in [0.2, 0.25) is 0 Å². The van der Waals surface area contributed by atoms with Gasteiger partial charge in [0.15, 0.2) is 0 Å². The fraction of sp³-hybridized carbons (Fsp3) is 0.474. The number of carbonyl (C=O) groups excluding carboxylic acids is 1. The molecular weight excluding hydrogens is 286 g/mol. The average molecular weight is 309 g/mol. The van der Waals surface area contributed by atoms with Gasteiger partial charge in [0.25, 0.3) is 5.91 Å². The number of hydrogen-bond acceptors (Lipinski definition) is 2. The maximum absolute atomic E-state index is 12.7. The number of carbonyl (C=O) groups is 1. The third kappa shape index (κ3) is 2.90. The third-order valence-electron chi connectivity index (χ3n) is 5.13. The van der Waals surface area contributed by atoms with E-state index < -0.39 is 0 Å². The smallest absolute Gasteiger partial charge is 0.251 e. The van der Waals surface area contributed by atoms with Gasteiger partial charge in [0, 0.05) is 25.0 Å². The first-order chi connectivity index (χ1) is 11.2. The van der Waals surface area contributed by atoms with Gasteiger partial charge >= 0.3 is 0 Å². The van der Waals surface area contributed by atoms with E-state index in [-0.39, 0.29) is 11.9 Å². The van der Waals surface area contributed by atoms with E-state index in [4.69, 9.17) is 0 Å². The summed E-state index contributed by atoms with van der Waals surface area (Å²) < 4.78 is 2.01. The van der Waals surface area contributed by atoms with Crippen molar-refractivity contribution in [3.8, 4) is 0 Å². The first kappa shape index (κ1) is 14.5. The zero-order valence-corrected chi connectivity index (χ0v) is 13.6. The predicted molar refractivity (Wildman–Crippen MR) is 89.2 cm³/mol. The molecule has 23 heavy (non-hydrogen) atoms. The molecule has 1 atom stereocenters. The summed E-state index contributed by atoms with van der Waals surface area (Å²) in [4.78, 5) is 17.2. The predicted octanol–water partition coefficient (Wildman–Crippen LogP) is 3.18. The second kappa shape index (κ2) is 5.84. The van der Waals surface area contributed by atoms with E-state index >= 15 is 0 Å². The van der Waals surface area contributed by atoms with Crippen LogP contribution >= 0.6 is 0 Å². The van der Waals surface area contributed by atoms with Crippen molar-refractivity contribution in [2.45, 2.75) is 44.6 Å². The average Bonchev–Trinajstić information content (AvgIpc) is 3.33. The van der Waals surface area contributed by atoms with E-state index in [0.29, 0.717) is 5.92 Å². The van der Waals surface area contributed by atoms with Gasteiger partial charge in [0.2, 0.25) is 0 Å². The number of aromatic nitrogens is 2. The van der Waals surface area contributed by atoms with Gasteiger partial charge in [0.05, 0.1) is 6.04 Å². The number of aryl methyl sites for hydroxylation is 3. The summed E-state index contributed by atoms with van der Waals surface area (Å²) in [6.45, 7) is 0. The van der Waals surface area contributed by atoms with Crippen LogP contribution in [0.15, 0.2) is 30.6 Å². The molecule has 0 aliphatic heterocycles. The van der Waals surface area contributed by atoms with E-state index in [1.165, 1.54) is 36.8 Å². The molecule has 2 aromatic rings. The van der Waals surface area contributed by atoms with E-state index in [9.17, 15) is 4.79 Å². The van der Waals surface area contributed by atoms with Crippen LogP contribution in [0.25, 0.3) is 0 Å². The van der Waals surface area contributed by atoms with Gasteiger partial charge in [-0.15, -0.1) is 0 Å². The monoisotopic (exact) mass is 309 g/mol. The summed E-state index contributed by atoms with van der Waals surface area (Å²) in [5, 5.41) is 3.22. The molecule has 0 bridgehead atoms. The molecule has 1 amide bonds. The van der Waals surface area contributed by atoms with E-state index in [0.717, 1.165) is 24.2 Å². The largest absolute Gasteiger partial charge is 0.342 e. The molecule has 4 heteroatoms. The third-order valence-corrected chi connectivity index (χ3v) is 5.13. The molecule has 1 heterocycles. The molecule has 2 aliphatic carbocycles. The van der Waals surface area contributed by atoms with Crippen molar-refractivity contribution >= 4 is 5.91 Å². The van der Waals surface area contributed by atoms with Gasteiger partial charge in [0.1, 0.15) is 5.82 Å². The highest BCUT2D eigenvalue weighted by Gasteiger charge is 2.35. The Balaban J connectivity index is 1.55. The number of benzene rings is 1. The summed E-state index contributed by atoms with van der Waals surface area (Å²) in [7, 11) is 1.99. The van der Waals surface area contributed by atoms with Gasteiger partial charge in [-0.3, -0.25) is 4.79 Å². The second-order valence-corrected chi connectivity index (χ2v) is 6.88. The molecular formula is C19H23N3O. The topological polar surface area (TPSA) is 46.9 Å². The number of amides is 1. The Bertz CT molecular complexity index is 730. The minimum absolute atomic E-state index is 0.0262. The SMILES string of the molecule is Cn1ccnc1[C@H](NC(=O)c1ccc2c(c1)CCCC2)C1CC1. The van der Waals surface area contributed by atoms with Gasteiger partial charge in [-0.25, -0.2) is 4.98 Å². The highest BCUT2D eigenvalue weighted by molar-refractivity contribution is 5.94. The van der Waals surface area contributed by atoms with E-state index in [2.05, 4.69) is 22.4 Å². The molecule has 0 radical (unpaired) electrons. The van der Waals surface area contributed by atoms with E-state index in [1.54, 1.807) is 6.20 Å². The Morgan fingerprint density at radius 2 is 2.04 bits per heavy atom. The lowest BCUT2D eigenvalue weighted by molar-refractivity contribution is 0.0929. The van der Waals surface area contributed by atoms with Crippen LogP contribution in [0.3, 0.4) is 0 Å². The van der Waals surface area contributed by atoms with Crippen molar-refractivity contribution in [1.29, 1.82) is 0 Å². The van der Waals surface area contributed by atoms with Crippen molar-refractivity contribution in [3.63, 3.8) is 0 Å². The summed E-state index contributed by atoms with van der Waals surface area (Å²) in [6, 6.07) is 6.23. The second-order valence-electron chi connectivity index (χ2n) is 6.88. The molecule has 1 aromatic heterocycles. The summed E-state index contributed by atoms with van der Waals surface area (Å²) in [6.07, 6.45) is 10.8. The quantitative estimate of drug-likeness (QED) is 0.943. The first-order valence-corrected chi connectivity index (χ1v) is 8.62. The number of rotatable bonds is 4. The molecule has 4 nitrogen and oxygen atoms in total. The van der Waals surface area contributed by atoms with Crippen molar-refractivity contribution in [2.75, 3.05) is 0 Å². The standard InChI is InChI=1S/C19H23N3O/c1-22-11-10-20-18(22)17(14-7-8-14)21-19(23)16-9-6-13-4-2-3-5-15(13)12-16/h6,9-12,14,17H,2-5,7-8H2,1H3,(H,21,23)/t17-/m1/s1. The number of nitrogens with zero attached hydrogens (tertiary/aromatic N) is 2. The molecule has 1 aromatic carbocycles. The zero-order chi connectivity index (χ0) is 15.8. The lowest BCUT2D eigenvalue weighted by atomic mass is 9.90. The Kier molecular flexibility index (Phi) is 3.68. The molecule has 1 fully saturated rings. The lowest BCUT2D eigenvalue weighted by Gasteiger charge is -2.20. The van der Waals surface area contributed by atoms with Gasteiger partial charge < -0.3 is 9.88 Å². The van der Waals surface area contributed by atoms with Crippen molar-refractivity contribution < 1.29 is 4.79 Å². The minimum atomic E-state index is 0.0262. The summed E-state index contributed by atoms with van der Waals surface area (Å²) >= 11 is 0. The van der Waals surface area contributed by atoms with Gasteiger partial charge in [-0.05, 0) is 67.7 Å².